The van der Waals surface area contributed by atoms with Crippen LogP contribution in [0.15, 0.2) is 47.8 Å². The van der Waals surface area contributed by atoms with Crippen molar-refractivity contribution in [1.29, 1.82) is 0 Å². The minimum absolute atomic E-state index is 0.135. The van der Waals surface area contributed by atoms with Gasteiger partial charge in [-0.05, 0) is 23.3 Å². The molecule has 0 N–H and O–H groups in total. The van der Waals surface area contributed by atoms with Gasteiger partial charge in [-0.25, -0.2) is 0 Å². The second kappa shape index (κ2) is 4.59. The number of hydrogen-bond acceptors (Lipinski definition) is 2. The number of Topliss-reactive ketones (excluding diaryl/α,β-unsaturated/α-hetero) is 1. The van der Waals surface area contributed by atoms with E-state index in [2.05, 4.69) is 11.8 Å². The molecule has 0 aliphatic carbocycles. The molecule has 0 radical (unpaired) electrons. The number of carbonyl (C=O) groups is 1. The summed E-state index contributed by atoms with van der Waals surface area (Å²) in [6, 6.07) is 12.9. The topological polar surface area (TPSA) is 17.1 Å². The van der Waals surface area contributed by atoms with E-state index in [1.54, 1.807) is 12.1 Å². The van der Waals surface area contributed by atoms with Crippen LogP contribution in [0.3, 0.4) is 0 Å². The summed E-state index contributed by atoms with van der Waals surface area (Å²) in [4.78, 5) is 12.5. The Balaban J connectivity index is 2.17. The van der Waals surface area contributed by atoms with E-state index < -0.39 is 0 Å². The maximum absolute atomic E-state index is 11.6. The second-order valence-electron chi connectivity index (χ2n) is 2.92. The Morgan fingerprint density at radius 3 is 2.53 bits per heavy atom. The average Bonchev–Trinajstić information content (AvgIpc) is 2.80. The van der Waals surface area contributed by atoms with Gasteiger partial charge in [0.15, 0.2) is 0 Å². The molecule has 0 aliphatic heterocycles. The van der Waals surface area contributed by atoms with Gasteiger partial charge < -0.3 is 0 Å². The van der Waals surface area contributed by atoms with Crippen molar-refractivity contribution in [2.75, 3.05) is 0 Å². The zero-order chi connectivity index (χ0) is 10.5. The van der Waals surface area contributed by atoms with Crippen molar-refractivity contribution >= 4 is 17.1 Å². The van der Waals surface area contributed by atoms with Gasteiger partial charge in [-0.15, -0.1) is 11.3 Å². The van der Waals surface area contributed by atoms with Crippen molar-refractivity contribution in [3.63, 3.8) is 0 Å². The Morgan fingerprint density at radius 2 is 1.87 bits per heavy atom. The minimum atomic E-state index is -0.135. The maximum atomic E-state index is 11.6. The largest absolute Gasteiger partial charge is 0.279 e. The van der Waals surface area contributed by atoms with E-state index >= 15 is 0 Å². The van der Waals surface area contributed by atoms with Crippen molar-refractivity contribution < 1.29 is 4.79 Å². The molecule has 2 heteroatoms. The quantitative estimate of drug-likeness (QED) is 0.524. The van der Waals surface area contributed by atoms with Crippen LogP contribution in [0.25, 0.3) is 0 Å². The first kappa shape index (κ1) is 9.70. The van der Waals surface area contributed by atoms with Crippen LogP contribution in [0, 0.1) is 11.8 Å². The van der Waals surface area contributed by atoms with Gasteiger partial charge in [-0.1, -0.05) is 36.4 Å². The van der Waals surface area contributed by atoms with Gasteiger partial charge in [0.05, 0.1) is 4.88 Å². The fourth-order valence-corrected chi connectivity index (χ4v) is 1.70. The van der Waals surface area contributed by atoms with Gasteiger partial charge in [-0.3, -0.25) is 4.79 Å². The van der Waals surface area contributed by atoms with Crippen molar-refractivity contribution in [3.8, 4) is 11.8 Å². The van der Waals surface area contributed by atoms with Crippen LogP contribution in [-0.4, -0.2) is 5.78 Å². The van der Waals surface area contributed by atoms with E-state index in [-0.39, 0.29) is 5.78 Å². The molecule has 0 bridgehead atoms. The van der Waals surface area contributed by atoms with Crippen molar-refractivity contribution in [2.24, 2.45) is 0 Å². The highest BCUT2D eigenvalue weighted by molar-refractivity contribution is 7.10. The lowest BCUT2D eigenvalue weighted by atomic mass is 10.1. The molecular formula is C13H8OS. The van der Waals surface area contributed by atoms with Crippen LogP contribution in [-0.2, 0) is 0 Å². The van der Waals surface area contributed by atoms with Gasteiger partial charge in [-0.2, -0.15) is 0 Å². The minimum Gasteiger partial charge on any atom is -0.279 e. The lowest BCUT2D eigenvalue weighted by Gasteiger charge is -1.89. The summed E-state index contributed by atoms with van der Waals surface area (Å²) in [6.07, 6.45) is 0. The van der Waals surface area contributed by atoms with Gasteiger partial charge in [0.25, 0.3) is 0 Å². The van der Waals surface area contributed by atoms with E-state index in [0.29, 0.717) is 5.56 Å². The number of hydrogen-bond donors (Lipinski definition) is 0. The highest BCUT2D eigenvalue weighted by Gasteiger charge is 1.98. The maximum Gasteiger partial charge on any atom is 0.236 e. The molecule has 2 rings (SSSR count). The zero-order valence-corrected chi connectivity index (χ0v) is 8.75. The van der Waals surface area contributed by atoms with Gasteiger partial charge in [0.1, 0.15) is 0 Å². The van der Waals surface area contributed by atoms with Gasteiger partial charge in [0.2, 0.25) is 5.78 Å². The highest BCUT2D eigenvalue weighted by atomic mass is 32.1. The molecule has 1 heterocycles. The van der Waals surface area contributed by atoms with Crippen LogP contribution >= 0.6 is 11.3 Å². The molecule has 0 unspecified atom stereocenters. The molecule has 2 aromatic rings. The van der Waals surface area contributed by atoms with E-state index in [1.165, 1.54) is 11.3 Å². The molecule has 72 valence electrons. The number of thiophene rings is 1. The average molecular weight is 212 g/mol. The first-order chi connectivity index (χ1) is 7.36. The van der Waals surface area contributed by atoms with E-state index in [4.69, 9.17) is 0 Å². The molecule has 0 amide bonds. The smallest absolute Gasteiger partial charge is 0.236 e. The Morgan fingerprint density at radius 1 is 1.07 bits per heavy atom. The molecule has 1 aromatic heterocycles. The van der Waals surface area contributed by atoms with Gasteiger partial charge >= 0.3 is 0 Å². The highest BCUT2D eigenvalue weighted by Crippen LogP contribution is 2.06. The van der Waals surface area contributed by atoms with E-state index in [0.717, 1.165) is 4.88 Å². The summed E-state index contributed by atoms with van der Waals surface area (Å²) in [6.45, 7) is 0. The Bertz CT molecular complexity index is 500. The predicted molar refractivity (Wildman–Crippen MR) is 62.0 cm³/mol. The van der Waals surface area contributed by atoms with E-state index in [1.807, 2.05) is 35.7 Å². The van der Waals surface area contributed by atoms with Crippen LogP contribution in [0.4, 0.5) is 0 Å². The second-order valence-corrected chi connectivity index (χ2v) is 3.87. The van der Waals surface area contributed by atoms with Crippen LogP contribution < -0.4 is 0 Å². The number of carbonyl (C=O) groups excluding carboxylic acids is 1. The molecule has 0 fully saturated rings. The van der Waals surface area contributed by atoms with Crippen molar-refractivity contribution in [3.05, 3.63) is 58.3 Å². The molecule has 0 atom stereocenters. The first-order valence-corrected chi connectivity index (χ1v) is 5.39. The normalized spacial score (nSPS) is 9.07. The van der Waals surface area contributed by atoms with Crippen LogP contribution in [0.2, 0.25) is 0 Å². The lowest BCUT2D eigenvalue weighted by Crippen LogP contribution is -1.93. The molecule has 1 nitrogen and oxygen atoms in total. The fraction of sp³-hybridized carbons (Fsp3) is 0. The van der Waals surface area contributed by atoms with Gasteiger partial charge in [0, 0.05) is 5.56 Å². The molecule has 0 aliphatic rings. The fourth-order valence-electron chi connectivity index (χ4n) is 1.13. The summed E-state index contributed by atoms with van der Waals surface area (Å²) in [5.74, 6) is 5.33. The molecule has 0 saturated heterocycles. The SMILES string of the molecule is O=C(C#Cc1cccs1)c1ccccc1. The third-order valence-electron chi connectivity index (χ3n) is 1.86. The van der Waals surface area contributed by atoms with Crippen LogP contribution in [0.5, 0.6) is 0 Å². The van der Waals surface area contributed by atoms with Crippen molar-refractivity contribution in [2.45, 2.75) is 0 Å². The third-order valence-corrected chi connectivity index (χ3v) is 2.64. The van der Waals surface area contributed by atoms with Crippen LogP contribution in [0.1, 0.15) is 15.2 Å². The summed E-state index contributed by atoms with van der Waals surface area (Å²) in [7, 11) is 0. The molecule has 0 saturated carbocycles. The summed E-state index contributed by atoms with van der Waals surface area (Å²) in [5.41, 5.74) is 0.640. The Labute approximate surface area is 92.4 Å². The Kier molecular flexibility index (Phi) is 2.96. The summed E-state index contributed by atoms with van der Waals surface area (Å²) >= 11 is 1.53. The molecule has 0 spiro atoms. The zero-order valence-electron chi connectivity index (χ0n) is 7.94. The lowest BCUT2D eigenvalue weighted by molar-refractivity contribution is 0.105. The molecular weight excluding hydrogens is 204 g/mol. The summed E-state index contributed by atoms with van der Waals surface area (Å²) < 4.78 is 0. The van der Waals surface area contributed by atoms with Crippen molar-refractivity contribution in [1.82, 2.24) is 0 Å². The van der Waals surface area contributed by atoms with E-state index in [9.17, 15) is 4.79 Å². The molecule has 1 aromatic carbocycles. The predicted octanol–water partition coefficient (Wildman–Crippen LogP) is 2.98. The number of benzene rings is 1. The first-order valence-electron chi connectivity index (χ1n) is 4.51. The number of rotatable bonds is 1. The monoisotopic (exact) mass is 212 g/mol. The number of ketones is 1. The third kappa shape index (κ3) is 2.55. The standard InChI is InChI=1S/C13H8OS/c14-13(11-5-2-1-3-6-11)9-8-12-7-4-10-15-12/h1-7,10H. The summed E-state index contributed by atoms with van der Waals surface area (Å²) in [5, 5.41) is 1.94. The Hall–Kier alpha value is -1.85. The molecule has 15 heavy (non-hydrogen) atoms.